The van der Waals surface area contributed by atoms with Gasteiger partial charge in [-0.15, -0.1) is 0 Å². The highest BCUT2D eigenvalue weighted by Gasteiger charge is 2.39. The normalized spacial score (nSPS) is 17.6. The van der Waals surface area contributed by atoms with E-state index in [-0.39, 0.29) is 10.8 Å². The molecule has 1 fully saturated rings. The lowest BCUT2D eigenvalue weighted by atomic mass is 10.1. The molecule has 150 valence electrons. The van der Waals surface area contributed by atoms with Gasteiger partial charge in [-0.2, -0.15) is 4.31 Å². The standard InChI is InChI=1S/C21H25ClN2O3S/c1-16-5-2-6-17(15-16)7-3-13-23-21(25)20-8-4-14-24(20)28(26,27)19-11-9-18(22)10-12-19/h2,5-6,9-12,15,20H,3-4,7-8,13-14H2,1H3,(H,23,25). The minimum Gasteiger partial charge on any atom is -0.355 e. The van der Waals surface area contributed by atoms with Gasteiger partial charge in [-0.25, -0.2) is 8.42 Å². The summed E-state index contributed by atoms with van der Waals surface area (Å²) in [5.41, 5.74) is 2.46. The first-order valence-corrected chi connectivity index (χ1v) is 11.3. The second-order valence-corrected chi connectivity index (χ2v) is 9.44. The van der Waals surface area contributed by atoms with Crippen LogP contribution >= 0.6 is 11.6 Å². The number of carbonyl (C=O) groups excluding carboxylic acids is 1. The van der Waals surface area contributed by atoms with Gasteiger partial charge < -0.3 is 5.32 Å². The summed E-state index contributed by atoms with van der Waals surface area (Å²) in [4.78, 5) is 12.8. The van der Waals surface area contributed by atoms with Crippen LogP contribution in [0, 0.1) is 6.92 Å². The average molecular weight is 421 g/mol. The molecule has 0 saturated carbocycles. The molecule has 28 heavy (non-hydrogen) atoms. The summed E-state index contributed by atoms with van der Waals surface area (Å²) in [6.45, 7) is 2.94. The Bertz CT molecular complexity index is 929. The summed E-state index contributed by atoms with van der Waals surface area (Å²) in [5.74, 6) is -0.223. The Morgan fingerprint density at radius 3 is 2.68 bits per heavy atom. The number of hydrogen-bond acceptors (Lipinski definition) is 3. The largest absolute Gasteiger partial charge is 0.355 e. The Kier molecular flexibility index (Phi) is 6.75. The molecule has 3 rings (SSSR count). The van der Waals surface area contributed by atoms with Gasteiger partial charge in [-0.3, -0.25) is 4.79 Å². The molecular weight excluding hydrogens is 396 g/mol. The summed E-state index contributed by atoms with van der Waals surface area (Å²) in [5, 5.41) is 3.38. The number of benzene rings is 2. The molecule has 1 atom stereocenters. The Morgan fingerprint density at radius 1 is 1.21 bits per heavy atom. The predicted molar refractivity (Wildman–Crippen MR) is 111 cm³/mol. The zero-order valence-corrected chi connectivity index (χ0v) is 17.5. The molecule has 2 aromatic carbocycles. The summed E-state index contributed by atoms with van der Waals surface area (Å²) in [6.07, 6.45) is 2.90. The van der Waals surface area contributed by atoms with Crippen LogP contribution in [-0.2, 0) is 21.2 Å². The fourth-order valence-electron chi connectivity index (χ4n) is 3.52. The van der Waals surface area contributed by atoms with E-state index in [1.807, 2.05) is 6.07 Å². The van der Waals surface area contributed by atoms with Crippen LogP contribution in [0.25, 0.3) is 0 Å². The Labute approximate surface area is 171 Å². The molecule has 1 saturated heterocycles. The summed E-state index contributed by atoms with van der Waals surface area (Å²) in [7, 11) is -3.71. The van der Waals surface area contributed by atoms with Gasteiger partial charge in [0.05, 0.1) is 4.90 Å². The van der Waals surface area contributed by atoms with E-state index in [4.69, 9.17) is 11.6 Å². The van der Waals surface area contributed by atoms with Crippen LogP contribution in [0.2, 0.25) is 5.02 Å². The number of nitrogens with one attached hydrogen (secondary N) is 1. The van der Waals surface area contributed by atoms with Crippen LogP contribution in [0.1, 0.15) is 30.4 Å². The Hall–Kier alpha value is -1.89. The molecule has 0 bridgehead atoms. The number of carbonyl (C=O) groups is 1. The highest BCUT2D eigenvalue weighted by molar-refractivity contribution is 7.89. The lowest BCUT2D eigenvalue weighted by molar-refractivity contribution is -0.124. The van der Waals surface area contributed by atoms with Crippen molar-refractivity contribution in [2.75, 3.05) is 13.1 Å². The van der Waals surface area contributed by atoms with E-state index < -0.39 is 16.1 Å². The van der Waals surface area contributed by atoms with Gasteiger partial charge >= 0.3 is 0 Å². The molecule has 0 aromatic heterocycles. The van der Waals surface area contributed by atoms with Crippen molar-refractivity contribution in [1.82, 2.24) is 9.62 Å². The van der Waals surface area contributed by atoms with E-state index in [9.17, 15) is 13.2 Å². The molecule has 0 radical (unpaired) electrons. The van der Waals surface area contributed by atoms with Gasteiger partial charge in [0.2, 0.25) is 15.9 Å². The molecule has 0 aliphatic carbocycles. The van der Waals surface area contributed by atoms with E-state index in [1.54, 1.807) is 12.1 Å². The highest BCUT2D eigenvalue weighted by Crippen LogP contribution is 2.27. The molecule has 5 nitrogen and oxygen atoms in total. The van der Waals surface area contributed by atoms with Gasteiger partial charge in [0.1, 0.15) is 6.04 Å². The zero-order valence-electron chi connectivity index (χ0n) is 15.9. The third kappa shape index (κ3) is 4.93. The van der Waals surface area contributed by atoms with E-state index in [2.05, 4.69) is 30.4 Å². The van der Waals surface area contributed by atoms with Gasteiger partial charge in [-0.1, -0.05) is 41.4 Å². The number of sulfonamides is 1. The van der Waals surface area contributed by atoms with Crippen molar-refractivity contribution in [3.8, 4) is 0 Å². The van der Waals surface area contributed by atoms with Gasteiger partial charge in [-0.05, 0) is 62.4 Å². The van der Waals surface area contributed by atoms with Gasteiger partial charge in [0, 0.05) is 18.1 Å². The molecule has 1 aliphatic rings. The summed E-state index contributed by atoms with van der Waals surface area (Å²) >= 11 is 5.85. The maximum atomic E-state index is 12.9. The van der Waals surface area contributed by atoms with Gasteiger partial charge in [0.25, 0.3) is 0 Å². The minimum atomic E-state index is -3.71. The molecule has 1 heterocycles. The monoisotopic (exact) mass is 420 g/mol. The number of nitrogens with zero attached hydrogens (tertiary/aromatic N) is 1. The van der Waals surface area contributed by atoms with Crippen molar-refractivity contribution < 1.29 is 13.2 Å². The predicted octanol–water partition coefficient (Wildman–Crippen LogP) is 3.55. The van der Waals surface area contributed by atoms with E-state index in [0.29, 0.717) is 31.0 Å². The van der Waals surface area contributed by atoms with Crippen molar-refractivity contribution in [3.05, 3.63) is 64.7 Å². The quantitative estimate of drug-likeness (QED) is 0.696. The highest BCUT2D eigenvalue weighted by atomic mass is 35.5. The molecule has 2 aromatic rings. The van der Waals surface area contributed by atoms with Crippen LogP contribution in [-0.4, -0.2) is 37.8 Å². The molecule has 1 aliphatic heterocycles. The van der Waals surface area contributed by atoms with Crippen molar-refractivity contribution >= 4 is 27.5 Å². The molecular formula is C21H25ClN2O3S. The second-order valence-electron chi connectivity index (χ2n) is 7.11. The first-order valence-electron chi connectivity index (χ1n) is 9.48. The minimum absolute atomic E-state index is 0.163. The fourth-order valence-corrected chi connectivity index (χ4v) is 5.30. The lowest BCUT2D eigenvalue weighted by Crippen LogP contribution is -2.46. The maximum Gasteiger partial charge on any atom is 0.243 e. The Morgan fingerprint density at radius 2 is 1.96 bits per heavy atom. The van der Waals surface area contributed by atoms with Gasteiger partial charge in [0.15, 0.2) is 0 Å². The molecule has 1 unspecified atom stereocenters. The van der Waals surface area contributed by atoms with Crippen molar-refractivity contribution in [3.63, 3.8) is 0 Å². The van der Waals surface area contributed by atoms with Crippen LogP contribution in [0.4, 0.5) is 0 Å². The first-order chi connectivity index (χ1) is 13.4. The van der Waals surface area contributed by atoms with Crippen LogP contribution in [0.5, 0.6) is 0 Å². The fraction of sp³-hybridized carbons (Fsp3) is 0.381. The van der Waals surface area contributed by atoms with Crippen molar-refractivity contribution in [2.24, 2.45) is 0 Å². The molecule has 1 N–H and O–H groups in total. The Balaban J connectivity index is 1.57. The van der Waals surface area contributed by atoms with E-state index in [0.717, 1.165) is 12.8 Å². The first kappa shape index (κ1) is 20.8. The molecule has 7 heteroatoms. The SMILES string of the molecule is Cc1cccc(CCCNC(=O)C2CCCN2S(=O)(=O)c2ccc(Cl)cc2)c1. The van der Waals surface area contributed by atoms with E-state index >= 15 is 0 Å². The lowest BCUT2D eigenvalue weighted by Gasteiger charge is -2.23. The van der Waals surface area contributed by atoms with Crippen molar-refractivity contribution in [1.29, 1.82) is 0 Å². The number of amides is 1. The van der Waals surface area contributed by atoms with Crippen LogP contribution < -0.4 is 5.32 Å². The topological polar surface area (TPSA) is 66.5 Å². The molecule has 1 amide bonds. The third-order valence-electron chi connectivity index (χ3n) is 4.95. The number of aryl methyl sites for hydroxylation is 2. The number of halogens is 1. The van der Waals surface area contributed by atoms with E-state index in [1.165, 1.54) is 27.6 Å². The number of rotatable bonds is 7. The zero-order chi connectivity index (χ0) is 20.1. The second kappa shape index (κ2) is 9.07. The van der Waals surface area contributed by atoms with Crippen LogP contribution in [0.3, 0.4) is 0 Å². The van der Waals surface area contributed by atoms with Crippen LogP contribution in [0.15, 0.2) is 53.4 Å². The smallest absolute Gasteiger partial charge is 0.243 e. The summed E-state index contributed by atoms with van der Waals surface area (Å²) < 4.78 is 27.1. The summed E-state index contributed by atoms with van der Waals surface area (Å²) in [6, 6.07) is 13.7. The van der Waals surface area contributed by atoms with Crippen molar-refractivity contribution in [2.45, 2.75) is 43.5 Å². The third-order valence-corrected chi connectivity index (χ3v) is 7.12. The number of hydrogen-bond donors (Lipinski definition) is 1. The maximum absolute atomic E-state index is 12.9. The molecule has 0 spiro atoms. The average Bonchev–Trinajstić information content (AvgIpc) is 3.16.